The van der Waals surface area contributed by atoms with Crippen LogP contribution in [-0.2, 0) is 11.3 Å². The van der Waals surface area contributed by atoms with Gasteiger partial charge in [0.15, 0.2) is 5.13 Å². The molecule has 1 heterocycles. The van der Waals surface area contributed by atoms with Crippen LogP contribution in [0.4, 0.5) is 9.93 Å². The molecule has 3 N–H and O–H groups in total. The first-order chi connectivity index (χ1) is 10.1. The topological polar surface area (TPSA) is 91.3 Å². The van der Waals surface area contributed by atoms with E-state index in [-0.39, 0.29) is 6.03 Å². The Morgan fingerprint density at radius 2 is 2.05 bits per heavy atom. The Labute approximate surface area is 125 Å². The molecule has 0 unspecified atom stereocenters. The fraction of sp³-hybridized carbons (Fsp3) is 0.0714. The summed E-state index contributed by atoms with van der Waals surface area (Å²) in [5.41, 5.74) is 0.997. The normalized spacial score (nSPS) is 10.5. The van der Waals surface area contributed by atoms with Crippen LogP contribution in [0.2, 0.25) is 0 Å². The number of amides is 2. The van der Waals surface area contributed by atoms with E-state index in [9.17, 15) is 9.59 Å². The maximum atomic E-state index is 11.7. The summed E-state index contributed by atoms with van der Waals surface area (Å²) in [4.78, 5) is 26.7. The van der Waals surface area contributed by atoms with Crippen LogP contribution in [0.15, 0.2) is 42.6 Å². The van der Waals surface area contributed by atoms with Crippen LogP contribution >= 0.6 is 11.3 Å². The Morgan fingerprint density at radius 3 is 2.76 bits per heavy atom. The number of nitrogens with one attached hydrogen (secondary N) is 2. The van der Waals surface area contributed by atoms with Crippen molar-refractivity contribution in [1.29, 1.82) is 0 Å². The van der Waals surface area contributed by atoms with Gasteiger partial charge in [0.25, 0.3) is 0 Å². The van der Waals surface area contributed by atoms with Crippen LogP contribution in [-0.4, -0.2) is 22.1 Å². The van der Waals surface area contributed by atoms with E-state index in [2.05, 4.69) is 15.6 Å². The molecule has 2 rings (SSSR count). The van der Waals surface area contributed by atoms with Crippen molar-refractivity contribution in [3.63, 3.8) is 0 Å². The van der Waals surface area contributed by atoms with Crippen molar-refractivity contribution in [1.82, 2.24) is 10.3 Å². The van der Waals surface area contributed by atoms with Gasteiger partial charge in [-0.2, -0.15) is 0 Å². The highest BCUT2D eigenvalue weighted by Gasteiger charge is 2.05. The maximum absolute atomic E-state index is 11.7. The van der Waals surface area contributed by atoms with E-state index in [4.69, 9.17) is 5.11 Å². The van der Waals surface area contributed by atoms with E-state index in [1.165, 1.54) is 23.6 Å². The number of carboxylic acids is 1. The molecule has 0 bridgehead atoms. The molecule has 2 aromatic rings. The Morgan fingerprint density at radius 1 is 1.29 bits per heavy atom. The van der Waals surface area contributed by atoms with Gasteiger partial charge < -0.3 is 10.4 Å². The fourth-order valence-electron chi connectivity index (χ4n) is 1.49. The van der Waals surface area contributed by atoms with Crippen molar-refractivity contribution in [2.24, 2.45) is 0 Å². The quantitative estimate of drug-likeness (QED) is 0.740. The first-order valence-electron chi connectivity index (χ1n) is 6.09. The molecular formula is C14H13N3O3S. The van der Waals surface area contributed by atoms with E-state index in [0.717, 1.165) is 11.6 Å². The molecule has 6 nitrogen and oxygen atoms in total. The maximum Gasteiger partial charge on any atom is 0.328 e. The number of carboxylic acid groups (broad SMARTS) is 1. The highest BCUT2D eigenvalue weighted by atomic mass is 32.1. The average molecular weight is 303 g/mol. The second-order valence-corrected chi connectivity index (χ2v) is 5.09. The molecule has 0 aliphatic rings. The largest absolute Gasteiger partial charge is 0.478 e. The number of carbonyl (C=O) groups is 2. The van der Waals surface area contributed by atoms with Gasteiger partial charge in [0.2, 0.25) is 0 Å². The number of aliphatic carboxylic acids is 1. The second-order valence-electron chi connectivity index (χ2n) is 4.03. The van der Waals surface area contributed by atoms with Crippen LogP contribution in [0, 0.1) is 0 Å². The van der Waals surface area contributed by atoms with Gasteiger partial charge >= 0.3 is 12.0 Å². The van der Waals surface area contributed by atoms with Crippen LogP contribution in [0.3, 0.4) is 0 Å². The fourth-order valence-corrected chi connectivity index (χ4v) is 2.21. The van der Waals surface area contributed by atoms with Crippen molar-refractivity contribution in [2.75, 3.05) is 5.32 Å². The van der Waals surface area contributed by atoms with Crippen LogP contribution in [0.5, 0.6) is 0 Å². The monoisotopic (exact) mass is 303 g/mol. The molecule has 1 aromatic carbocycles. The third kappa shape index (κ3) is 5.07. The molecular weight excluding hydrogens is 290 g/mol. The van der Waals surface area contributed by atoms with Crippen molar-refractivity contribution < 1.29 is 14.7 Å². The molecule has 0 fully saturated rings. The summed E-state index contributed by atoms with van der Waals surface area (Å²) in [5, 5.41) is 14.2. The lowest BCUT2D eigenvalue weighted by Crippen LogP contribution is -2.28. The van der Waals surface area contributed by atoms with Gasteiger partial charge in [0, 0.05) is 23.7 Å². The summed E-state index contributed by atoms with van der Waals surface area (Å²) >= 11 is 1.19. The van der Waals surface area contributed by atoms with Gasteiger partial charge in [-0.3, -0.25) is 5.32 Å². The Bertz CT molecular complexity index is 652. The Balaban J connectivity index is 1.84. The van der Waals surface area contributed by atoms with Gasteiger partial charge in [-0.15, -0.1) is 0 Å². The number of hydrogen-bond acceptors (Lipinski definition) is 4. The second kappa shape index (κ2) is 7.20. The number of anilines is 1. The van der Waals surface area contributed by atoms with Crippen LogP contribution in [0.25, 0.3) is 6.08 Å². The lowest BCUT2D eigenvalue weighted by atomic mass is 10.2. The smallest absolute Gasteiger partial charge is 0.328 e. The molecule has 1 aromatic heterocycles. The minimum atomic E-state index is -1.03. The number of benzene rings is 1. The standard InChI is InChI=1S/C14H13N3O3S/c18-12(19)7-6-11-9-16-14(21-11)17-13(20)15-8-10-4-2-1-3-5-10/h1-7,9H,8H2,(H,18,19)(H2,15,16,17,20)/b7-6+. The summed E-state index contributed by atoms with van der Waals surface area (Å²) in [6.07, 6.45) is 3.94. The molecule has 0 aliphatic carbocycles. The molecule has 0 atom stereocenters. The molecule has 0 radical (unpaired) electrons. The first kappa shape index (κ1) is 14.7. The van der Waals surface area contributed by atoms with E-state index in [1.807, 2.05) is 30.3 Å². The SMILES string of the molecule is O=C(O)/C=C/c1cnc(NC(=O)NCc2ccccc2)s1. The highest BCUT2D eigenvalue weighted by molar-refractivity contribution is 7.16. The molecule has 0 aliphatic heterocycles. The Kier molecular flexibility index (Phi) is 5.05. The van der Waals surface area contributed by atoms with Crippen molar-refractivity contribution >= 4 is 34.5 Å². The number of hydrogen-bond donors (Lipinski definition) is 3. The van der Waals surface area contributed by atoms with Crippen LogP contribution < -0.4 is 10.6 Å². The number of nitrogens with zero attached hydrogens (tertiary/aromatic N) is 1. The van der Waals surface area contributed by atoms with E-state index < -0.39 is 5.97 Å². The van der Waals surface area contributed by atoms with Crippen molar-refractivity contribution in [3.8, 4) is 0 Å². The molecule has 0 saturated heterocycles. The highest BCUT2D eigenvalue weighted by Crippen LogP contribution is 2.19. The minimum Gasteiger partial charge on any atom is -0.478 e. The van der Waals surface area contributed by atoms with Crippen LogP contribution in [0.1, 0.15) is 10.4 Å². The summed E-state index contributed by atoms with van der Waals surface area (Å²) in [7, 11) is 0. The number of rotatable bonds is 5. The van der Waals surface area contributed by atoms with E-state index in [0.29, 0.717) is 16.6 Å². The summed E-state index contributed by atoms with van der Waals surface area (Å²) in [5.74, 6) is -1.03. The zero-order valence-electron chi connectivity index (χ0n) is 10.9. The molecule has 0 spiro atoms. The first-order valence-corrected chi connectivity index (χ1v) is 6.91. The van der Waals surface area contributed by atoms with E-state index in [1.54, 1.807) is 0 Å². The molecule has 7 heteroatoms. The average Bonchev–Trinajstić information content (AvgIpc) is 2.91. The summed E-state index contributed by atoms with van der Waals surface area (Å²) in [6, 6.07) is 9.18. The number of urea groups is 1. The molecule has 0 saturated carbocycles. The molecule has 2 amide bonds. The van der Waals surface area contributed by atoms with Crippen molar-refractivity contribution in [3.05, 3.63) is 53.0 Å². The third-order valence-corrected chi connectivity index (χ3v) is 3.31. The van der Waals surface area contributed by atoms with Gasteiger partial charge in [0.05, 0.1) is 0 Å². The molecule has 21 heavy (non-hydrogen) atoms. The Hall–Kier alpha value is -2.67. The van der Waals surface area contributed by atoms with Crippen molar-refractivity contribution in [2.45, 2.75) is 6.54 Å². The minimum absolute atomic E-state index is 0.359. The number of carbonyl (C=O) groups excluding carboxylic acids is 1. The summed E-state index contributed by atoms with van der Waals surface area (Å²) in [6.45, 7) is 0.420. The zero-order chi connectivity index (χ0) is 15.1. The summed E-state index contributed by atoms with van der Waals surface area (Å²) < 4.78 is 0. The van der Waals surface area contributed by atoms with Gasteiger partial charge in [-0.05, 0) is 11.6 Å². The van der Waals surface area contributed by atoms with Gasteiger partial charge in [0.1, 0.15) is 0 Å². The van der Waals surface area contributed by atoms with Gasteiger partial charge in [-0.25, -0.2) is 14.6 Å². The third-order valence-electron chi connectivity index (χ3n) is 2.43. The lowest BCUT2D eigenvalue weighted by Gasteiger charge is -2.05. The molecule has 108 valence electrons. The predicted molar refractivity (Wildman–Crippen MR) is 81.1 cm³/mol. The lowest BCUT2D eigenvalue weighted by molar-refractivity contribution is -0.131. The number of thiazole rings is 1. The zero-order valence-corrected chi connectivity index (χ0v) is 11.8. The predicted octanol–water partition coefficient (Wildman–Crippen LogP) is 2.56. The van der Waals surface area contributed by atoms with Gasteiger partial charge in [-0.1, -0.05) is 41.7 Å². The van der Waals surface area contributed by atoms with E-state index >= 15 is 0 Å². The number of aromatic nitrogens is 1.